The van der Waals surface area contributed by atoms with Crippen LogP contribution in [0.15, 0.2) is 218 Å². The van der Waals surface area contributed by atoms with E-state index in [4.69, 9.17) is 4.42 Å². The van der Waals surface area contributed by atoms with E-state index in [9.17, 15) is 0 Å². The van der Waals surface area contributed by atoms with E-state index in [0.717, 1.165) is 56.1 Å². The van der Waals surface area contributed by atoms with Gasteiger partial charge in [0.25, 0.3) is 0 Å². The van der Waals surface area contributed by atoms with Crippen LogP contribution in [0.1, 0.15) is 0 Å². The fraction of sp³-hybridized carbons (Fsp3) is 0. The predicted octanol–water partition coefficient (Wildman–Crippen LogP) is 14.8. The van der Waals surface area contributed by atoms with Crippen LogP contribution in [0.4, 0.5) is 34.1 Å². The zero-order chi connectivity index (χ0) is 35.1. The van der Waals surface area contributed by atoms with E-state index in [1.807, 2.05) is 35.7 Å². The largest absolute Gasteiger partial charge is 0.456 e. The minimum atomic E-state index is 0.883. The van der Waals surface area contributed by atoms with Gasteiger partial charge in [-0.25, -0.2) is 0 Å². The van der Waals surface area contributed by atoms with Crippen LogP contribution < -0.4 is 9.80 Å². The molecule has 0 spiro atoms. The van der Waals surface area contributed by atoms with Gasteiger partial charge < -0.3 is 14.2 Å². The Morgan fingerprint density at radius 2 is 0.849 bits per heavy atom. The van der Waals surface area contributed by atoms with Crippen molar-refractivity contribution >= 4 is 79.6 Å². The SMILES string of the molecule is c1ccc(N(c2ccccc2)c2ccc3c(c2)Sc2ccc(-c4ccc(N(c5ccccc5)c5cccc6oc7ccccc7c56)cc4)cc2S3)cc1. The molecule has 1 aliphatic rings. The molecule has 0 amide bonds. The summed E-state index contributed by atoms with van der Waals surface area (Å²) in [6, 6.07) is 69.0. The van der Waals surface area contributed by atoms with E-state index in [0.29, 0.717) is 0 Å². The molecule has 0 atom stereocenters. The van der Waals surface area contributed by atoms with E-state index < -0.39 is 0 Å². The summed E-state index contributed by atoms with van der Waals surface area (Å²) in [5.41, 5.74) is 10.9. The average molecular weight is 717 g/mol. The van der Waals surface area contributed by atoms with E-state index in [-0.39, 0.29) is 0 Å². The van der Waals surface area contributed by atoms with E-state index in [2.05, 4.69) is 192 Å². The number of fused-ring (bicyclic) bond motifs is 5. The molecule has 0 saturated carbocycles. The van der Waals surface area contributed by atoms with Gasteiger partial charge >= 0.3 is 0 Å². The summed E-state index contributed by atoms with van der Waals surface area (Å²) in [5.74, 6) is 0. The molecule has 0 N–H and O–H groups in total. The highest BCUT2D eigenvalue weighted by molar-refractivity contribution is 8.05. The third-order valence-corrected chi connectivity index (χ3v) is 12.2. The van der Waals surface area contributed by atoms with E-state index in [1.54, 1.807) is 0 Å². The van der Waals surface area contributed by atoms with Crippen LogP contribution in [-0.2, 0) is 0 Å². The standard InChI is InChI=1S/C48H32N2OS2/c1-4-13-35(14-5-1)49(36-15-6-2-7-16-36)39-28-30-45-47(32-39)53-44-29-25-34(31-46(44)52-45)33-23-26-38(27-24-33)50(37-17-8-3-9-18-37)41-20-12-22-43-48(41)40-19-10-11-21-42(40)51-43/h1-32H. The molecule has 10 rings (SSSR count). The first-order valence-corrected chi connectivity index (χ1v) is 19.3. The van der Waals surface area contributed by atoms with Crippen LogP contribution in [-0.4, -0.2) is 0 Å². The molecule has 0 fully saturated rings. The number of rotatable bonds is 7. The third-order valence-electron chi connectivity index (χ3n) is 9.69. The zero-order valence-corrected chi connectivity index (χ0v) is 30.2. The molecule has 9 aromatic rings. The van der Waals surface area contributed by atoms with Crippen molar-refractivity contribution in [1.82, 2.24) is 0 Å². The summed E-state index contributed by atoms with van der Waals surface area (Å²) >= 11 is 3.70. The molecule has 5 heteroatoms. The monoisotopic (exact) mass is 716 g/mol. The third kappa shape index (κ3) is 5.84. The lowest BCUT2D eigenvalue weighted by Gasteiger charge is -2.27. The van der Waals surface area contributed by atoms with Crippen LogP contribution in [0.3, 0.4) is 0 Å². The lowest BCUT2D eigenvalue weighted by molar-refractivity contribution is 0.669. The van der Waals surface area contributed by atoms with Crippen molar-refractivity contribution in [2.24, 2.45) is 0 Å². The summed E-state index contributed by atoms with van der Waals surface area (Å²) in [6.45, 7) is 0. The highest BCUT2D eigenvalue weighted by Gasteiger charge is 2.22. The number of anilines is 6. The Morgan fingerprint density at radius 1 is 0.340 bits per heavy atom. The molecule has 0 radical (unpaired) electrons. The van der Waals surface area contributed by atoms with Crippen molar-refractivity contribution in [3.8, 4) is 11.1 Å². The Labute approximate surface area is 317 Å². The first kappa shape index (κ1) is 31.6. The van der Waals surface area contributed by atoms with Gasteiger partial charge in [0.05, 0.1) is 11.1 Å². The quantitative estimate of drug-likeness (QED) is 0.163. The molecule has 0 bridgehead atoms. The number of nitrogens with zero attached hydrogens (tertiary/aromatic N) is 2. The number of benzene rings is 8. The maximum Gasteiger partial charge on any atom is 0.137 e. The number of para-hydroxylation sites is 4. The molecule has 0 unspecified atom stereocenters. The van der Waals surface area contributed by atoms with E-state index in [1.165, 1.54) is 30.7 Å². The molecule has 252 valence electrons. The van der Waals surface area contributed by atoms with Gasteiger partial charge in [0.2, 0.25) is 0 Å². The van der Waals surface area contributed by atoms with Crippen LogP contribution >= 0.6 is 23.5 Å². The first-order chi connectivity index (χ1) is 26.3. The first-order valence-electron chi connectivity index (χ1n) is 17.7. The Bertz CT molecular complexity index is 2690. The molecule has 8 aromatic carbocycles. The number of hydrogen-bond donors (Lipinski definition) is 0. The van der Waals surface area contributed by atoms with E-state index >= 15 is 0 Å². The van der Waals surface area contributed by atoms with Crippen molar-refractivity contribution in [2.45, 2.75) is 19.6 Å². The molecule has 1 aliphatic heterocycles. The Morgan fingerprint density at radius 3 is 1.53 bits per heavy atom. The summed E-state index contributed by atoms with van der Waals surface area (Å²) in [7, 11) is 0. The maximum absolute atomic E-state index is 6.28. The molecular weight excluding hydrogens is 685 g/mol. The lowest BCUT2D eigenvalue weighted by atomic mass is 10.0. The van der Waals surface area contributed by atoms with Crippen LogP contribution in [0.2, 0.25) is 0 Å². The lowest BCUT2D eigenvalue weighted by Crippen LogP contribution is -2.10. The fourth-order valence-electron chi connectivity index (χ4n) is 7.24. The zero-order valence-electron chi connectivity index (χ0n) is 28.6. The Kier molecular flexibility index (Phi) is 8.01. The normalized spacial score (nSPS) is 12.0. The van der Waals surface area contributed by atoms with Gasteiger partial charge in [-0.05, 0) is 108 Å². The van der Waals surface area contributed by atoms with Crippen molar-refractivity contribution in [1.29, 1.82) is 0 Å². The molecule has 3 nitrogen and oxygen atoms in total. The van der Waals surface area contributed by atoms with Gasteiger partial charge in [-0.3, -0.25) is 0 Å². The number of hydrogen-bond acceptors (Lipinski definition) is 5. The second-order valence-corrected chi connectivity index (χ2v) is 15.1. The van der Waals surface area contributed by atoms with Gasteiger partial charge in [-0.1, -0.05) is 121 Å². The predicted molar refractivity (Wildman–Crippen MR) is 223 cm³/mol. The molecule has 53 heavy (non-hydrogen) atoms. The highest BCUT2D eigenvalue weighted by atomic mass is 32.2. The second-order valence-electron chi connectivity index (χ2n) is 13.0. The van der Waals surface area contributed by atoms with Gasteiger partial charge in [-0.15, -0.1) is 0 Å². The summed E-state index contributed by atoms with van der Waals surface area (Å²) in [6.07, 6.45) is 0. The molecule has 1 aromatic heterocycles. The Hall–Kier alpha value is -6.14. The van der Waals surface area contributed by atoms with Crippen LogP contribution in [0, 0.1) is 0 Å². The van der Waals surface area contributed by atoms with Crippen LogP contribution in [0.5, 0.6) is 0 Å². The maximum atomic E-state index is 6.28. The van der Waals surface area contributed by atoms with Gasteiger partial charge in [0, 0.05) is 53.4 Å². The molecule has 0 saturated heterocycles. The minimum absolute atomic E-state index is 0.883. The van der Waals surface area contributed by atoms with Crippen molar-refractivity contribution in [3.63, 3.8) is 0 Å². The van der Waals surface area contributed by atoms with Gasteiger partial charge in [0.15, 0.2) is 0 Å². The van der Waals surface area contributed by atoms with Gasteiger partial charge in [0.1, 0.15) is 11.2 Å². The average Bonchev–Trinajstić information content (AvgIpc) is 3.61. The topological polar surface area (TPSA) is 19.6 Å². The smallest absolute Gasteiger partial charge is 0.137 e. The fourth-order valence-corrected chi connectivity index (χ4v) is 9.51. The summed E-state index contributed by atoms with van der Waals surface area (Å²) in [4.78, 5) is 9.76. The van der Waals surface area contributed by atoms with Crippen molar-refractivity contribution < 1.29 is 4.42 Å². The summed E-state index contributed by atoms with van der Waals surface area (Å²) < 4.78 is 6.28. The van der Waals surface area contributed by atoms with Crippen molar-refractivity contribution in [3.05, 3.63) is 194 Å². The van der Waals surface area contributed by atoms with Crippen molar-refractivity contribution in [2.75, 3.05) is 9.80 Å². The minimum Gasteiger partial charge on any atom is -0.456 e. The summed E-state index contributed by atoms with van der Waals surface area (Å²) in [5, 5.41) is 2.23. The number of furan rings is 1. The van der Waals surface area contributed by atoms with Crippen LogP contribution in [0.25, 0.3) is 33.1 Å². The Balaban J connectivity index is 0.966. The molecule has 2 heterocycles. The molecule has 0 aliphatic carbocycles. The highest BCUT2D eigenvalue weighted by Crippen LogP contribution is 2.51. The molecular formula is C48H32N2OS2. The van der Waals surface area contributed by atoms with Gasteiger partial charge in [-0.2, -0.15) is 0 Å². The second kappa shape index (κ2) is 13.4.